The topological polar surface area (TPSA) is 95.1 Å². The van der Waals surface area contributed by atoms with Gasteiger partial charge in [0.25, 0.3) is 5.91 Å². The van der Waals surface area contributed by atoms with Crippen molar-refractivity contribution < 1.29 is 14.7 Å². The predicted molar refractivity (Wildman–Crippen MR) is 88.0 cm³/mol. The van der Waals surface area contributed by atoms with Crippen molar-refractivity contribution in [1.29, 1.82) is 0 Å². The number of aromatic carboxylic acids is 1. The molecule has 0 fully saturated rings. The number of para-hydroxylation sites is 1. The van der Waals surface area contributed by atoms with Crippen LogP contribution < -0.4 is 5.32 Å². The van der Waals surface area contributed by atoms with E-state index >= 15 is 0 Å². The fraction of sp³-hybridized carbons (Fsp3) is 0.188. The van der Waals surface area contributed by atoms with E-state index in [1.807, 2.05) is 18.2 Å². The molecule has 0 saturated carbocycles. The maximum absolute atomic E-state index is 12.5. The number of benzene rings is 1. The Bertz CT molecular complexity index is 897. The van der Waals surface area contributed by atoms with E-state index in [1.54, 1.807) is 26.1 Å². The molecule has 0 aliphatic rings. The molecule has 7 heteroatoms. The van der Waals surface area contributed by atoms with Gasteiger partial charge in [-0.05, 0) is 26.0 Å². The molecule has 1 unspecified atom stereocenters. The highest BCUT2D eigenvalue weighted by molar-refractivity contribution is 7.13. The Morgan fingerprint density at radius 3 is 2.83 bits per heavy atom. The Balaban J connectivity index is 1.84. The first-order chi connectivity index (χ1) is 11.0. The number of carbonyl (C=O) groups is 2. The van der Waals surface area contributed by atoms with Gasteiger partial charge in [-0.1, -0.05) is 12.1 Å². The van der Waals surface area contributed by atoms with Crippen molar-refractivity contribution in [2.24, 2.45) is 0 Å². The molecular formula is C16H15N3O3S. The summed E-state index contributed by atoms with van der Waals surface area (Å²) in [5.74, 6) is -1.23. The number of thiazole rings is 1. The van der Waals surface area contributed by atoms with Gasteiger partial charge in [0.2, 0.25) is 0 Å². The SMILES string of the molecule is Cc1nc(C(C)NC(=O)c2cccc3cc[nH]c23)sc1C(=O)O. The van der Waals surface area contributed by atoms with Gasteiger partial charge in [0, 0.05) is 11.6 Å². The quantitative estimate of drug-likeness (QED) is 0.685. The number of carboxylic acid groups (broad SMARTS) is 1. The van der Waals surface area contributed by atoms with Crippen LogP contribution in [0, 0.1) is 6.92 Å². The number of H-pyrrole nitrogens is 1. The molecule has 1 aromatic carbocycles. The largest absolute Gasteiger partial charge is 0.477 e. The van der Waals surface area contributed by atoms with E-state index < -0.39 is 5.97 Å². The fourth-order valence-corrected chi connectivity index (χ4v) is 3.32. The normalized spacial score (nSPS) is 12.3. The molecule has 0 spiro atoms. The number of aryl methyl sites for hydroxylation is 1. The molecule has 0 aliphatic carbocycles. The number of hydrogen-bond acceptors (Lipinski definition) is 4. The number of amides is 1. The Morgan fingerprint density at radius 2 is 2.13 bits per heavy atom. The number of carboxylic acids is 1. The van der Waals surface area contributed by atoms with Crippen LogP contribution in [0.3, 0.4) is 0 Å². The van der Waals surface area contributed by atoms with Crippen LogP contribution in [0.1, 0.15) is 43.7 Å². The third kappa shape index (κ3) is 2.83. The minimum Gasteiger partial charge on any atom is -0.477 e. The second kappa shape index (κ2) is 5.85. The van der Waals surface area contributed by atoms with Gasteiger partial charge in [-0.15, -0.1) is 11.3 Å². The van der Waals surface area contributed by atoms with Crippen LogP contribution in [0.5, 0.6) is 0 Å². The molecule has 1 atom stereocenters. The Hall–Kier alpha value is -2.67. The minimum atomic E-state index is -0.999. The third-order valence-corrected chi connectivity index (χ3v) is 4.89. The lowest BCUT2D eigenvalue weighted by Gasteiger charge is -2.11. The average molecular weight is 329 g/mol. The van der Waals surface area contributed by atoms with E-state index in [4.69, 9.17) is 5.11 Å². The molecule has 0 saturated heterocycles. The summed E-state index contributed by atoms with van der Waals surface area (Å²) < 4.78 is 0. The number of aromatic nitrogens is 2. The summed E-state index contributed by atoms with van der Waals surface area (Å²) in [5.41, 5.74) is 1.79. The van der Waals surface area contributed by atoms with Gasteiger partial charge in [0.15, 0.2) is 0 Å². The van der Waals surface area contributed by atoms with Gasteiger partial charge in [-0.2, -0.15) is 0 Å². The van der Waals surface area contributed by atoms with Gasteiger partial charge in [0.05, 0.1) is 22.8 Å². The number of aromatic amines is 1. The van der Waals surface area contributed by atoms with Crippen molar-refractivity contribution in [2.75, 3.05) is 0 Å². The van der Waals surface area contributed by atoms with Crippen molar-refractivity contribution in [1.82, 2.24) is 15.3 Å². The first-order valence-corrected chi connectivity index (χ1v) is 7.86. The molecule has 3 aromatic rings. The second-order valence-corrected chi connectivity index (χ2v) is 6.25. The van der Waals surface area contributed by atoms with Crippen LogP contribution in [-0.2, 0) is 0 Å². The average Bonchev–Trinajstić information content (AvgIpc) is 3.12. The standard InChI is InChI=1S/C16H15N3O3S/c1-8-13(16(21)22)23-15(19-8)9(2)18-14(20)11-5-3-4-10-6-7-17-12(10)11/h3-7,9,17H,1-2H3,(H,18,20)(H,21,22). The highest BCUT2D eigenvalue weighted by Crippen LogP contribution is 2.24. The third-order valence-electron chi connectivity index (χ3n) is 3.56. The van der Waals surface area contributed by atoms with Crippen LogP contribution >= 0.6 is 11.3 Å². The van der Waals surface area contributed by atoms with Crippen molar-refractivity contribution in [3.8, 4) is 0 Å². The maximum atomic E-state index is 12.5. The number of nitrogens with one attached hydrogen (secondary N) is 2. The molecule has 6 nitrogen and oxygen atoms in total. The van der Waals surface area contributed by atoms with Crippen LogP contribution in [0.15, 0.2) is 30.5 Å². The summed E-state index contributed by atoms with van der Waals surface area (Å²) in [4.78, 5) is 31.1. The molecule has 23 heavy (non-hydrogen) atoms. The molecular weight excluding hydrogens is 314 g/mol. The monoisotopic (exact) mass is 329 g/mol. The van der Waals surface area contributed by atoms with Crippen molar-refractivity contribution in [3.05, 3.63) is 51.6 Å². The molecule has 0 bridgehead atoms. The molecule has 0 aliphatic heterocycles. The lowest BCUT2D eigenvalue weighted by Crippen LogP contribution is -2.26. The molecule has 2 heterocycles. The van der Waals surface area contributed by atoms with E-state index in [-0.39, 0.29) is 16.8 Å². The number of hydrogen-bond donors (Lipinski definition) is 3. The highest BCUT2D eigenvalue weighted by Gasteiger charge is 2.20. The molecule has 3 rings (SSSR count). The summed E-state index contributed by atoms with van der Waals surface area (Å²) in [6, 6.07) is 7.03. The number of carbonyl (C=O) groups excluding carboxylic acids is 1. The van der Waals surface area contributed by atoms with E-state index in [9.17, 15) is 9.59 Å². The first kappa shape index (κ1) is 15.2. The summed E-state index contributed by atoms with van der Waals surface area (Å²) in [5, 5.41) is 13.5. The Labute approximate surface area is 136 Å². The van der Waals surface area contributed by atoms with Crippen molar-refractivity contribution in [3.63, 3.8) is 0 Å². The molecule has 3 N–H and O–H groups in total. The lowest BCUT2D eigenvalue weighted by atomic mass is 10.1. The maximum Gasteiger partial charge on any atom is 0.347 e. The Morgan fingerprint density at radius 1 is 1.35 bits per heavy atom. The predicted octanol–water partition coefficient (Wildman–Crippen LogP) is 3.12. The zero-order valence-corrected chi connectivity index (χ0v) is 13.4. The molecule has 118 valence electrons. The van der Waals surface area contributed by atoms with E-state index in [0.29, 0.717) is 16.3 Å². The summed E-state index contributed by atoms with van der Waals surface area (Å²) in [7, 11) is 0. The van der Waals surface area contributed by atoms with Gasteiger partial charge >= 0.3 is 5.97 Å². The number of fused-ring (bicyclic) bond motifs is 1. The Kier molecular flexibility index (Phi) is 3.87. The number of nitrogens with zero attached hydrogens (tertiary/aromatic N) is 1. The highest BCUT2D eigenvalue weighted by atomic mass is 32.1. The number of rotatable bonds is 4. The van der Waals surface area contributed by atoms with Gasteiger partial charge < -0.3 is 15.4 Å². The minimum absolute atomic E-state index is 0.201. The second-order valence-electron chi connectivity index (χ2n) is 5.21. The van der Waals surface area contributed by atoms with Crippen LogP contribution in [0.25, 0.3) is 10.9 Å². The van der Waals surface area contributed by atoms with Crippen LogP contribution in [-0.4, -0.2) is 27.0 Å². The smallest absolute Gasteiger partial charge is 0.347 e. The lowest BCUT2D eigenvalue weighted by molar-refractivity contribution is 0.0701. The zero-order chi connectivity index (χ0) is 16.6. The molecule has 0 radical (unpaired) electrons. The van der Waals surface area contributed by atoms with Gasteiger partial charge in [0.1, 0.15) is 9.88 Å². The van der Waals surface area contributed by atoms with E-state index in [2.05, 4.69) is 15.3 Å². The van der Waals surface area contributed by atoms with Crippen LogP contribution in [0.4, 0.5) is 0 Å². The van der Waals surface area contributed by atoms with Crippen LogP contribution in [0.2, 0.25) is 0 Å². The van der Waals surface area contributed by atoms with Gasteiger partial charge in [-0.3, -0.25) is 4.79 Å². The summed E-state index contributed by atoms with van der Waals surface area (Å²) in [6.45, 7) is 3.44. The van der Waals surface area contributed by atoms with Gasteiger partial charge in [-0.25, -0.2) is 9.78 Å². The van der Waals surface area contributed by atoms with E-state index in [0.717, 1.165) is 22.2 Å². The summed E-state index contributed by atoms with van der Waals surface area (Å²) in [6.07, 6.45) is 1.79. The molecule has 1 amide bonds. The summed E-state index contributed by atoms with van der Waals surface area (Å²) >= 11 is 1.08. The first-order valence-electron chi connectivity index (χ1n) is 7.05. The van der Waals surface area contributed by atoms with E-state index in [1.165, 1.54) is 0 Å². The fourth-order valence-electron chi connectivity index (χ4n) is 2.41. The van der Waals surface area contributed by atoms with Crippen molar-refractivity contribution >= 4 is 34.1 Å². The zero-order valence-electron chi connectivity index (χ0n) is 12.6. The van der Waals surface area contributed by atoms with Crippen molar-refractivity contribution in [2.45, 2.75) is 19.9 Å². The molecule has 2 aromatic heterocycles.